The molecular weight excluding hydrogens is 234 g/mol. The van der Waals surface area contributed by atoms with Crippen molar-refractivity contribution >= 4 is 11.9 Å². The van der Waals surface area contributed by atoms with Crippen molar-refractivity contribution in [3.8, 4) is 0 Å². The molecule has 98 valence electrons. The van der Waals surface area contributed by atoms with Gasteiger partial charge in [0.1, 0.15) is 0 Å². The molecule has 0 aromatic heterocycles. The first-order valence-electron chi connectivity index (χ1n) is 5.78. The Morgan fingerprint density at radius 3 is 2.00 bits per heavy atom. The van der Waals surface area contributed by atoms with Crippen LogP contribution in [0.1, 0.15) is 13.8 Å². The van der Waals surface area contributed by atoms with Crippen LogP contribution in [-0.2, 0) is 19.1 Å². The van der Waals surface area contributed by atoms with Crippen LogP contribution in [0.5, 0.6) is 0 Å². The third-order valence-electron chi connectivity index (χ3n) is 2.41. The molecule has 0 aliphatic carbocycles. The van der Waals surface area contributed by atoms with Crippen LogP contribution in [0.3, 0.4) is 0 Å². The smallest absolute Gasteiger partial charge is 0.336 e. The summed E-state index contributed by atoms with van der Waals surface area (Å²) in [5.41, 5.74) is 0.690. The number of hydrogen-bond donors (Lipinski definition) is 1. The number of ether oxygens (including phenoxy) is 2. The number of rotatable bonds is 5. The second-order valence-electron chi connectivity index (χ2n) is 3.52. The summed E-state index contributed by atoms with van der Waals surface area (Å²) in [5, 5.41) is 2.75. The van der Waals surface area contributed by atoms with Crippen molar-refractivity contribution in [1.29, 1.82) is 0 Å². The van der Waals surface area contributed by atoms with Gasteiger partial charge in [0.15, 0.2) is 0 Å². The van der Waals surface area contributed by atoms with Crippen molar-refractivity contribution in [2.45, 2.75) is 13.8 Å². The van der Waals surface area contributed by atoms with E-state index in [2.05, 4.69) is 11.9 Å². The van der Waals surface area contributed by atoms with Crippen LogP contribution in [-0.4, -0.2) is 25.2 Å². The molecule has 1 heterocycles. The van der Waals surface area contributed by atoms with Gasteiger partial charge >= 0.3 is 11.9 Å². The summed E-state index contributed by atoms with van der Waals surface area (Å²) in [6, 6.07) is 0. The molecule has 1 rings (SSSR count). The lowest BCUT2D eigenvalue weighted by Crippen LogP contribution is -2.27. The maximum atomic E-state index is 11.7. The number of nitrogens with one attached hydrogen (secondary N) is 1. The zero-order valence-electron chi connectivity index (χ0n) is 10.6. The average Bonchev–Trinajstić information content (AvgIpc) is 2.38. The molecule has 0 radical (unpaired) electrons. The van der Waals surface area contributed by atoms with Crippen LogP contribution in [0, 0.1) is 5.92 Å². The molecule has 18 heavy (non-hydrogen) atoms. The summed E-state index contributed by atoms with van der Waals surface area (Å²) in [5.74, 6) is -1.45. The molecule has 0 saturated heterocycles. The first-order valence-corrected chi connectivity index (χ1v) is 5.78. The molecule has 0 amide bonds. The zero-order chi connectivity index (χ0) is 13.5. The van der Waals surface area contributed by atoms with Gasteiger partial charge in [-0.1, -0.05) is 6.08 Å². The van der Waals surface area contributed by atoms with Crippen LogP contribution in [0.25, 0.3) is 0 Å². The largest absolute Gasteiger partial charge is 0.463 e. The van der Waals surface area contributed by atoms with Gasteiger partial charge in [0, 0.05) is 18.3 Å². The van der Waals surface area contributed by atoms with Crippen LogP contribution < -0.4 is 5.32 Å². The van der Waals surface area contributed by atoms with E-state index in [4.69, 9.17) is 9.47 Å². The second-order valence-corrected chi connectivity index (χ2v) is 3.52. The predicted molar refractivity (Wildman–Crippen MR) is 66.3 cm³/mol. The molecule has 5 nitrogen and oxygen atoms in total. The number of allylic oxidation sites excluding steroid dienone is 1. The SMILES string of the molecule is C=CC1C(C(=O)OCC)=CNC=C1C(=O)OCC. The van der Waals surface area contributed by atoms with Crippen molar-refractivity contribution in [1.82, 2.24) is 5.32 Å². The summed E-state index contributed by atoms with van der Waals surface area (Å²) in [4.78, 5) is 23.5. The topological polar surface area (TPSA) is 64.6 Å². The maximum Gasteiger partial charge on any atom is 0.336 e. The van der Waals surface area contributed by atoms with Crippen molar-refractivity contribution in [2.24, 2.45) is 5.92 Å². The van der Waals surface area contributed by atoms with E-state index in [9.17, 15) is 9.59 Å². The normalized spacial score (nSPS) is 15.0. The van der Waals surface area contributed by atoms with E-state index in [0.717, 1.165) is 0 Å². The average molecular weight is 251 g/mol. The minimum Gasteiger partial charge on any atom is -0.463 e. The van der Waals surface area contributed by atoms with E-state index >= 15 is 0 Å². The molecule has 0 fully saturated rings. The van der Waals surface area contributed by atoms with Gasteiger partial charge in [0.05, 0.1) is 24.4 Å². The zero-order valence-corrected chi connectivity index (χ0v) is 10.6. The monoisotopic (exact) mass is 251 g/mol. The summed E-state index contributed by atoms with van der Waals surface area (Å²) in [6.45, 7) is 7.64. The lowest BCUT2D eigenvalue weighted by molar-refractivity contribution is -0.139. The van der Waals surface area contributed by atoms with Crippen LogP contribution in [0.15, 0.2) is 36.2 Å². The fraction of sp³-hybridized carbons (Fsp3) is 0.385. The Kier molecular flexibility index (Phi) is 5.17. The van der Waals surface area contributed by atoms with Gasteiger partial charge in [0.25, 0.3) is 0 Å². The minimum atomic E-state index is -0.510. The molecule has 0 aromatic rings. The summed E-state index contributed by atoms with van der Waals surface area (Å²) < 4.78 is 9.85. The third kappa shape index (κ3) is 3.00. The molecule has 0 unspecified atom stereocenters. The van der Waals surface area contributed by atoms with Gasteiger partial charge in [0.2, 0.25) is 0 Å². The van der Waals surface area contributed by atoms with Crippen LogP contribution in [0.4, 0.5) is 0 Å². The predicted octanol–water partition coefficient (Wildman–Crippen LogP) is 1.29. The highest BCUT2D eigenvalue weighted by molar-refractivity contribution is 5.97. The number of esters is 2. The van der Waals surface area contributed by atoms with Crippen LogP contribution >= 0.6 is 0 Å². The molecule has 0 saturated carbocycles. The van der Waals surface area contributed by atoms with Gasteiger partial charge in [-0.3, -0.25) is 0 Å². The molecule has 1 aliphatic rings. The highest BCUT2D eigenvalue weighted by Gasteiger charge is 2.30. The Balaban J connectivity index is 2.91. The van der Waals surface area contributed by atoms with E-state index in [1.54, 1.807) is 13.8 Å². The van der Waals surface area contributed by atoms with Crippen molar-refractivity contribution in [3.05, 3.63) is 36.2 Å². The molecule has 5 heteroatoms. The number of carbonyl (C=O) groups is 2. The van der Waals surface area contributed by atoms with E-state index in [0.29, 0.717) is 11.1 Å². The van der Waals surface area contributed by atoms with Gasteiger partial charge in [-0.2, -0.15) is 0 Å². The molecule has 0 spiro atoms. The summed E-state index contributed by atoms with van der Waals surface area (Å²) in [7, 11) is 0. The number of dihydropyridines is 1. The Morgan fingerprint density at radius 2 is 1.67 bits per heavy atom. The van der Waals surface area contributed by atoms with Gasteiger partial charge in [-0.25, -0.2) is 9.59 Å². The Labute approximate surface area is 106 Å². The standard InChI is InChI=1S/C13H17NO4/c1-4-9-10(12(15)17-5-2)7-14-8-11(9)13(16)18-6-3/h4,7-9,14H,1,5-6H2,2-3H3. The van der Waals surface area contributed by atoms with E-state index in [-0.39, 0.29) is 13.2 Å². The Morgan fingerprint density at radius 1 is 1.22 bits per heavy atom. The Bertz CT molecular complexity index is 375. The van der Waals surface area contributed by atoms with E-state index in [1.165, 1.54) is 18.5 Å². The fourth-order valence-electron chi connectivity index (χ4n) is 1.62. The third-order valence-corrected chi connectivity index (χ3v) is 2.41. The highest BCUT2D eigenvalue weighted by atomic mass is 16.5. The molecule has 0 bridgehead atoms. The lowest BCUT2D eigenvalue weighted by Gasteiger charge is -2.21. The maximum absolute atomic E-state index is 11.7. The fourth-order valence-corrected chi connectivity index (χ4v) is 1.62. The summed E-state index contributed by atoms with van der Waals surface area (Å²) >= 11 is 0. The van der Waals surface area contributed by atoms with Crippen LogP contribution in [0.2, 0.25) is 0 Å². The molecular formula is C13H17NO4. The van der Waals surface area contributed by atoms with Gasteiger partial charge in [-0.15, -0.1) is 6.58 Å². The molecule has 0 aromatic carbocycles. The van der Waals surface area contributed by atoms with Gasteiger partial charge in [-0.05, 0) is 13.8 Å². The van der Waals surface area contributed by atoms with Gasteiger partial charge < -0.3 is 14.8 Å². The van der Waals surface area contributed by atoms with Crippen molar-refractivity contribution in [3.63, 3.8) is 0 Å². The summed E-state index contributed by atoms with van der Waals surface area (Å²) in [6.07, 6.45) is 4.53. The second kappa shape index (κ2) is 6.64. The van der Waals surface area contributed by atoms with E-state index in [1.807, 2.05) is 0 Å². The lowest BCUT2D eigenvalue weighted by atomic mass is 9.90. The number of hydrogen-bond acceptors (Lipinski definition) is 5. The Hall–Kier alpha value is -2.04. The van der Waals surface area contributed by atoms with Crippen molar-refractivity contribution in [2.75, 3.05) is 13.2 Å². The first kappa shape index (κ1) is 14.0. The van der Waals surface area contributed by atoms with Crippen molar-refractivity contribution < 1.29 is 19.1 Å². The highest BCUT2D eigenvalue weighted by Crippen LogP contribution is 2.26. The van der Waals surface area contributed by atoms with E-state index < -0.39 is 17.9 Å². The molecule has 0 atom stereocenters. The quantitative estimate of drug-likeness (QED) is 0.589. The first-order chi connectivity index (χ1) is 8.65. The number of carbonyl (C=O) groups excluding carboxylic acids is 2. The molecule has 1 aliphatic heterocycles. The molecule has 1 N–H and O–H groups in total. The minimum absolute atomic E-state index is 0.276.